The van der Waals surface area contributed by atoms with E-state index in [1.807, 2.05) is 0 Å². The van der Waals surface area contributed by atoms with Crippen molar-refractivity contribution in [1.82, 2.24) is 4.98 Å². The molecule has 1 fully saturated rings. The summed E-state index contributed by atoms with van der Waals surface area (Å²) in [6.07, 6.45) is -2.51. The highest BCUT2D eigenvalue weighted by atomic mass is 19.4. The highest BCUT2D eigenvalue weighted by Crippen LogP contribution is 2.46. The summed E-state index contributed by atoms with van der Waals surface area (Å²) in [6, 6.07) is 3.84. The van der Waals surface area contributed by atoms with Crippen molar-refractivity contribution >= 4 is 5.82 Å². The lowest BCUT2D eigenvalue weighted by molar-refractivity contribution is -0.141. The van der Waals surface area contributed by atoms with Crippen LogP contribution in [0.2, 0.25) is 0 Å². The summed E-state index contributed by atoms with van der Waals surface area (Å²) >= 11 is 0. The highest BCUT2D eigenvalue weighted by Gasteiger charge is 2.40. The number of nitrogens with zero attached hydrogens (tertiary/aromatic N) is 1. The van der Waals surface area contributed by atoms with Crippen LogP contribution >= 0.6 is 0 Å². The van der Waals surface area contributed by atoms with Gasteiger partial charge in [0.25, 0.3) is 0 Å². The van der Waals surface area contributed by atoms with Gasteiger partial charge in [-0.1, -0.05) is 26.8 Å². The molecular formula is C16H23F3N2O. The van der Waals surface area contributed by atoms with Gasteiger partial charge in [0.1, 0.15) is 11.5 Å². The Morgan fingerprint density at radius 1 is 1.27 bits per heavy atom. The average molecular weight is 316 g/mol. The highest BCUT2D eigenvalue weighted by molar-refractivity contribution is 5.36. The number of nitrogens with one attached hydrogen (secondary N) is 1. The molecule has 2 N–H and O–H groups in total. The van der Waals surface area contributed by atoms with Gasteiger partial charge in [-0.15, -0.1) is 0 Å². The first-order valence-corrected chi connectivity index (χ1v) is 7.45. The molecule has 1 heterocycles. The van der Waals surface area contributed by atoms with Crippen molar-refractivity contribution in [2.75, 3.05) is 11.9 Å². The lowest BCUT2D eigenvalue weighted by Gasteiger charge is -2.45. The summed E-state index contributed by atoms with van der Waals surface area (Å²) in [7, 11) is 0. The first kappa shape index (κ1) is 17.1. The zero-order valence-corrected chi connectivity index (χ0v) is 13.2. The summed E-state index contributed by atoms with van der Waals surface area (Å²) in [5, 5.41) is 13.0. The lowest BCUT2D eigenvalue weighted by atomic mass is 9.63. The fourth-order valence-corrected chi connectivity index (χ4v) is 3.71. The SMILES string of the molecule is CC1(C)C[C@H](O)C[C@](C)(CNc2cccc(C(F)(F)F)n2)C1. The number of pyridine rings is 1. The Bertz CT molecular complexity index is 530. The van der Waals surface area contributed by atoms with Crippen molar-refractivity contribution in [2.45, 2.75) is 52.3 Å². The number of hydrogen-bond donors (Lipinski definition) is 2. The van der Waals surface area contributed by atoms with E-state index in [2.05, 4.69) is 31.1 Å². The molecular weight excluding hydrogens is 293 g/mol. The van der Waals surface area contributed by atoms with Crippen LogP contribution < -0.4 is 5.32 Å². The molecule has 6 heteroatoms. The van der Waals surface area contributed by atoms with Crippen LogP contribution in [-0.2, 0) is 6.18 Å². The number of aliphatic hydroxyl groups is 1. The number of alkyl halides is 3. The second kappa shape index (κ2) is 5.72. The molecule has 124 valence electrons. The minimum absolute atomic E-state index is 0.0232. The van der Waals surface area contributed by atoms with E-state index in [1.165, 1.54) is 12.1 Å². The van der Waals surface area contributed by atoms with Gasteiger partial charge in [0.05, 0.1) is 6.10 Å². The predicted octanol–water partition coefficient (Wildman–Crippen LogP) is 4.09. The van der Waals surface area contributed by atoms with Gasteiger partial charge >= 0.3 is 6.18 Å². The van der Waals surface area contributed by atoms with Crippen molar-refractivity contribution in [2.24, 2.45) is 10.8 Å². The van der Waals surface area contributed by atoms with Crippen LogP contribution in [0, 0.1) is 10.8 Å². The van der Waals surface area contributed by atoms with Gasteiger partial charge in [-0.25, -0.2) is 4.98 Å². The topological polar surface area (TPSA) is 45.1 Å². The minimum Gasteiger partial charge on any atom is -0.393 e. The van der Waals surface area contributed by atoms with E-state index in [4.69, 9.17) is 0 Å². The number of anilines is 1. The lowest BCUT2D eigenvalue weighted by Crippen LogP contribution is -2.42. The Morgan fingerprint density at radius 3 is 2.55 bits per heavy atom. The standard InChI is InChI=1S/C16H23F3N2O/c1-14(2)7-11(22)8-15(3,9-14)10-20-13-6-4-5-12(21-13)16(17,18)19/h4-6,11,22H,7-10H2,1-3H3,(H,20,21)/t11-,15-/m0/s1. The third-order valence-corrected chi connectivity index (χ3v) is 4.16. The van der Waals surface area contributed by atoms with Gasteiger partial charge in [0, 0.05) is 6.54 Å². The van der Waals surface area contributed by atoms with E-state index in [9.17, 15) is 18.3 Å². The van der Waals surface area contributed by atoms with E-state index in [0.29, 0.717) is 13.0 Å². The first-order valence-electron chi connectivity index (χ1n) is 7.45. The summed E-state index contributed by atoms with van der Waals surface area (Å²) in [4.78, 5) is 3.62. The van der Waals surface area contributed by atoms with Gasteiger partial charge in [-0.2, -0.15) is 13.2 Å². The van der Waals surface area contributed by atoms with Gasteiger partial charge < -0.3 is 10.4 Å². The van der Waals surface area contributed by atoms with Crippen molar-refractivity contribution in [3.05, 3.63) is 23.9 Å². The molecule has 1 aliphatic rings. The molecule has 0 bridgehead atoms. The number of halogens is 3. The minimum atomic E-state index is -4.44. The second-order valence-corrected chi connectivity index (χ2v) is 7.47. The number of aliphatic hydroxyl groups excluding tert-OH is 1. The average Bonchev–Trinajstić information content (AvgIpc) is 2.33. The fraction of sp³-hybridized carbons (Fsp3) is 0.688. The molecule has 0 aromatic carbocycles. The Kier molecular flexibility index (Phi) is 4.44. The molecule has 0 unspecified atom stereocenters. The van der Waals surface area contributed by atoms with Crippen LogP contribution in [0.1, 0.15) is 45.7 Å². The Labute approximate surface area is 129 Å². The molecule has 22 heavy (non-hydrogen) atoms. The molecule has 1 aromatic heterocycles. The van der Waals surface area contributed by atoms with Crippen LogP contribution in [0.5, 0.6) is 0 Å². The van der Waals surface area contributed by atoms with Gasteiger partial charge in [-0.05, 0) is 42.2 Å². The maximum atomic E-state index is 12.7. The van der Waals surface area contributed by atoms with Crippen LogP contribution in [-0.4, -0.2) is 22.7 Å². The zero-order chi connectivity index (χ0) is 16.6. The quantitative estimate of drug-likeness (QED) is 0.883. The van der Waals surface area contributed by atoms with Crippen molar-refractivity contribution in [3.63, 3.8) is 0 Å². The molecule has 0 spiro atoms. The third kappa shape index (κ3) is 4.35. The van der Waals surface area contributed by atoms with Crippen LogP contribution in [0.15, 0.2) is 18.2 Å². The molecule has 3 nitrogen and oxygen atoms in total. The maximum absolute atomic E-state index is 12.7. The fourth-order valence-electron chi connectivity index (χ4n) is 3.71. The van der Waals surface area contributed by atoms with Crippen molar-refractivity contribution in [1.29, 1.82) is 0 Å². The Hall–Kier alpha value is -1.30. The molecule has 0 radical (unpaired) electrons. The smallest absolute Gasteiger partial charge is 0.393 e. The molecule has 0 aliphatic heterocycles. The molecule has 0 amide bonds. The maximum Gasteiger partial charge on any atom is 0.433 e. The van der Waals surface area contributed by atoms with E-state index >= 15 is 0 Å². The summed E-state index contributed by atoms with van der Waals surface area (Å²) < 4.78 is 38.0. The Morgan fingerprint density at radius 2 is 1.95 bits per heavy atom. The summed E-state index contributed by atoms with van der Waals surface area (Å²) in [5.74, 6) is 0.217. The third-order valence-electron chi connectivity index (χ3n) is 4.16. The normalized spacial score (nSPS) is 28.4. The predicted molar refractivity (Wildman–Crippen MR) is 79.5 cm³/mol. The van der Waals surface area contributed by atoms with E-state index in [1.54, 1.807) is 0 Å². The van der Waals surface area contributed by atoms with Crippen LogP contribution in [0.25, 0.3) is 0 Å². The summed E-state index contributed by atoms with van der Waals surface area (Å²) in [5.41, 5.74) is -1.04. The van der Waals surface area contributed by atoms with Gasteiger partial charge in [-0.3, -0.25) is 0 Å². The molecule has 2 rings (SSSR count). The number of aromatic nitrogens is 1. The largest absolute Gasteiger partial charge is 0.433 e. The van der Waals surface area contributed by atoms with Crippen molar-refractivity contribution < 1.29 is 18.3 Å². The first-order chi connectivity index (χ1) is 9.99. The van der Waals surface area contributed by atoms with Gasteiger partial charge in [0.15, 0.2) is 0 Å². The van der Waals surface area contributed by atoms with E-state index < -0.39 is 11.9 Å². The number of rotatable bonds is 3. The van der Waals surface area contributed by atoms with Crippen LogP contribution in [0.4, 0.5) is 19.0 Å². The van der Waals surface area contributed by atoms with Gasteiger partial charge in [0.2, 0.25) is 0 Å². The second-order valence-electron chi connectivity index (χ2n) is 7.47. The monoisotopic (exact) mass is 316 g/mol. The number of hydrogen-bond acceptors (Lipinski definition) is 3. The molecule has 0 saturated heterocycles. The molecule has 2 atom stereocenters. The molecule has 1 aromatic rings. The Balaban J connectivity index is 2.06. The van der Waals surface area contributed by atoms with E-state index in [0.717, 1.165) is 18.9 Å². The van der Waals surface area contributed by atoms with Crippen LogP contribution in [0.3, 0.4) is 0 Å². The van der Waals surface area contributed by atoms with E-state index in [-0.39, 0.29) is 22.8 Å². The van der Waals surface area contributed by atoms with Crippen molar-refractivity contribution in [3.8, 4) is 0 Å². The zero-order valence-electron chi connectivity index (χ0n) is 13.2. The summed E-state index contributed by atoms with van der Waals surface area (Å²) in [6.45, 7) is 6.76. The molecule has 1 aliphatic carbocycles. The molecule has 1 saturated carbocycles.